The summed E-state index contributed by atoms with van der Waals surface area (Å²) in [6.07, 6.45) is 1.03. The van der Waals surface area contributed by atoms with Gasteiger partial charge in [0, 0.05) is 11.7 Å². The Labute approximate surface area is 128 Å². The summed E-state index contributed by atoms with van der Waals surface area (Å²) in [5.74, 6) is -1.51. The van der Waals surface area contributed by atoms with E-state index in [1.165, 1.54) is 14.0 Å². The highest BCUT2D eigenvalue weighted by Gasteiger charge is 2.29. The number of rotatable bonds is 5. The van der Waals surface area contributed by atoms with Crippen LogP contribution in [0.1, 0.15) is 51.9 Å². The molecule has 1 aromatic rings. The molecule has 7 nitrogen and oxygen atoms in total. The lowest BCUT2D eigenvalue weighted by Gasteiger charge is -2.13. The van der Waals surface area contributed by atoms with Crippen LogP contribution in [0.15, 0.2) is 0 Å². The molecule has 0 spiro atoms. The van der Waals surface area contributed by atoms with Crippen LogP contribution in [0.5, 0.6) is 0 Å². The number of H-pyrrole nitrogens is 1. The van der Waals surface area contributed by atoms with E-state index >= 15 is 0 Å². The molecule has 0 aliphatic heterocycles. The third-order valence-corrected chi connectivity index (χ3v) is 3.61. The van der Waals surface area contributed by atoms with Crippen molar-refractivity contribution in [3.8, 4) is 0 Å². The molecule has 1 aliphatic rings. The number of aromatic amines is 1. The smallest absolute Gasteiger partial charge is 0.355 e. The Morgan fingerprint density at radius 2 is 1.86 bits per heavy atom. The molecule has 1 amide bonds. The van der Waals surface area contributed by atoms with Crippen molar-refractivity contribution < 1.29 is 23.9 Å². The number of hydrogen-bond donors (Lipinski definition) is 2. The van der Waals surface area contributed by atoms with Gasteiger partial charge in [0.1, 0.15) is 5.69 Å². The molecule has 120 valence electrons. The van der Waals surface area contributed by atoms with Gasteiger partial charge in [-0.2, -0.15) is 0 Å². The van der Waals surface area contributed by atoms with Gasteiger partial charge in [0.25, 0.3) is 5.91 Å². The summed E-state index contributed by atoms with van der Waals surface area (Å²) in [6, 6.07) is 0.203. The predicted molar refractivity (Wildman–Crippen MR) is 77.6 cm³/mol. The highest BCUT2D eigenvalue weighted by Crippen LogP contribution is 2.21. The number of aromatic nitrogens is 1. The minimum Gasteiger partial charge on any atom is -0.465 e. The van der Waals surface area contributed by atoms with E-state index in [4.69, 9.17) is 4.74 Å². The molecule has 1 aliphatic carbocycles. The third kappa shape index (κ3) is 3.29. The van der Waals surface area contributed by atoms with Crippen LogP contribution in [0, 0.1) is 13.8 Å². The van der Waals surface area contributed by atoms with Crippen molar-refractivity contribution in [3.05, 3.63) is 22.5 Å². The Balaban J connectivity index is 2.09. The lowest BCUT2D eigenvalue weighted by molar-refractivity contribution is -0.129. The summed E-state index contributed by atoms with van der Waals surface area (Å²) in [5, 5.41) is 2.77. The quantitative estimate of drug-likeness (QED) is 0.798. The van der Waals surface area contributed by atoms with E-state index in [0.29, 0.717) is 16.8 Å². The van der Waals surface area contributed by atoms with Crippen LogP contribution in [0.2, 0.25) is 0 Å². The zero-order chi connectivity index (χ0) is 16.4. The van der Waals surface area contributed by atoms with Crippen molar-refractivity contribution >= 4 is 17.8 Å². The average Bonchev–Trinajstić information content (AvgIpc) is 3.22. The van der Waals surface area contributed by atoms with Gasteiger partial charge in [-0.1, -0.05) is 0 Å². The zero-order valence-electron chi connectivity index (χ0n) is 13.1. The molecule has 2 rings (SSSR count). The van der Waals surface area contributed by atoms with E-state index < -0.39 is 18.0 Å². The second kappa shape index (κ2) is 6.21. The molecule has 0 radical (unpaired) electrons. The molecular weight excluding hydrogens is 288 g/mol. The summed E-state index contributed by atoms with van der Waals surface area (Å²) in [4.78, 5) is 38.5. The van der Waals surface area contributed by atoms with Gasteiger partial charge >= 0.3 is 11.9 Å². The first-order chi connectivity index (χ1) is 10.3. The van der Waals surface area contributed by atoms with Gasteiger partial charge in [0.05, 0.1) is 12.7 Å². The number of nitrogens with one attached hydrogen (secondary N) is 2. The fourth-order valence-corrected chi connectivity index (χ4v) is 2.18. The van der Waals surface area contributed by atoms with Crippen molar-refractivity contribution in [1.29, 1.82) is 0 Å². The number of amides is 1. The molecule has 1 saturated carbocycles. The Morgan fingerprint density at radius 3 is 2.41 bits per heavy atom. The van der Waals surface area contributed by atoms with Crippen LogP contribution in [0.3, 0.4) is 0 Å². The van der Waals surface area contributed by atoms with Gasteiger partial charge in [-0.15, -0.1) is 0 Å². The van der Waals surface area contributed by atoms with Gasteiger partial charge in [-0.05, 0) is 39.2 Å². The topological polar surface area (TPSA) is 97.5 Å². The van der Waals surface area contributed by atoms with Gasteiger partial charge < -0.3 is 19.8 Å². The average molecular weight is 308 g/mol. The maximum Gasteiger partial charge on any atom is 0.355 e. The second-order valence-electron chi connectivity index (χ2n) is 5.45. The van der Waals surface area contributed by atoms with Crippen molar-refractivity contribution in [1.82, 2.24) is 10.3 Å². The maximum absolute atomic E-state index is 12.2. The van der Waals surface area contributed by atoms with Crippen LogP contribution in [-0.4, -0.2) is 42.1 Å². The predicted octanol–water partition coefficient (Wildman–Crippen LogP) is 1.24. The molecule has 1 fully saturated rings. The summed E-state index contributed by atoms with van der Waals surface area (Å²) in [5.41, 5.74) is 1.43. The first kappa shape index (κ1) is 16.1. The molecule has 0 saturated heterocycles. The molecule has 0 aromatic carbocycles. The Hall–Kier alpha value is -2.31. The maximum atomic E-state index is 12.2. The monoisotopic (exact) mass is 308 g/mol. The van der Waals surface area contributed by atoms with Crippen LogP contribution >= 0.6 is 0 Å². The van der Waals surface area contributed by atoms with Gasteiger partial charge in [0.2, 0.25) is 0 Å². The Morgan fingerprint density at radius 1 is 1.23 bits per heavy atom. The van der Waals surface area contributed by atoms with E-state index in [2.05, 4.69) is 15.0 Å². The van der Waals surface area contributed by atoms with Gasteiger partial charge in [0.15, 0.2) is 6.10 Å². The first-order valence-corrected chi connectivity index (χ1v) is 7.14. The Bertz CT molecular complexity index is 616. The van der Waals surface area contributed by atoms with Crippen LogP contribution < -0.4 is 5.32 Å². The first-order valence-electron chi connectivity index (χ1n) is 7.14. The molecule has 1 aromatic heterocycles. The number of aryl methyl sites for hydroxylation is 1. The van der Waals surface area contributed by atoms with Crippen molar-refractivity contribution in [2.45, 2.75) is 45.8 Å². The number of carbonyl (C=O) groups excluding carboxylic acids is 3. The highest BCUT2D eigenvalue weighted by atomic mass is 16.5. The zero-order valence-corrected chi connectivity index (χ0v) is 13.1. The van der Waals surface area contributed by atoms with E-state index in [0.717, 1.165) is 12.8 Å². The molecule has 7 heteroatoms. The molecular formula is C15H20N2O5. The summed E-state index contributed by atoms with van der Waals surface area (Å²) in [6.45, 7) is 4.81. The fraction of sp³-hybridized carbons (Fsp3) is 0.533. The Kier molecular flexibility index (Phi) is 4.54. The van der Waals surface area contributed by atoms with E-state index in [-0.39, 0.29) is 17.6 Å². The van der Waals surface area contributed by atoms with Gasteiger partial charge in [-0.25, -0.2) is 9.59 Å². The minimum atomic E-state index is -0.891. The highest BCUT2D eigenvalue weighted by molar-refractivity contribution is 5.99. The van der Waals surface area contributed by atoms with Crippen LogP contribution in [-0.2, 0) is 14.3 Å². The molecule has 1 heterocycles. The molecule has 2 N–H and O–H groups in total. The van der Waals surface area contributed by atoms with Crippen LogP contribution in [0.25, 0.3) is 0 Å². The van der Waals surface area contributed by atoms with E-state index in [1.807, 2.05) is 0 Å². The summed E-state index contributed by atoms with van der Waals surface area (Å²) in [7, 11) is 1.27. The number of methoxy groups -OCH3 is 1. The fourth-order valence-electron chi connectivity index (χ4n) is 2.18. The number of ether oxygens (including phenoxy) is 2. The largest absolute Gasteiger partial charge is 0.465 e. The number of carbonyl (C=O) groups is 3. The number of hydrogen-bond acceptors (Lipinski definition) is 5. The molecule has 1 atom stereocenters. The van der Waals surface area contributed by atoms with Gasteiger partial charge in [-0.3, -0.25) is 4.79 Å². The minimum absolute atomic E-state index is 0.156. The lowest BCUT2D eigenvalue weighted by atomic mass is 10.1. The van der Waals surface area contributed by atoms with Crippen LogP contribution in [0.4, 0.5) is 0 Å². The van der Waals surface area contributed by atoms with Crippen molar-refractivity contribution in [2.75, 3.05) is 7.11 Å². The summed E-state index contributed by atoms with van der Waals surface area (Å²) < 4.78 is 9.84. The van der Waals surface area contributed by atoms with E-state index in [9.17, 15) is 14.4 Å². The molecule has 0 bridgehead atoms. The third-order valence-electron chi connectivity index (χ3n) is 3.61. The SMILES string of the molecule is COC(=O)c1c(C)[nH]c(C(=O)O[C@H](C)C(=O)NC2CC2)c1C. The van der Waals surface area contributed by atoms with Crippen molar-refractivity contribution in [2.24, 2.45) is 0 Å². The molecule has 22 heavy (non-hydrogen) atoms. The number of esters is 2. The lowest BCUT2D eigenvalue weighted by Crippen LogP contribution is -2.37. The standard InChI is InChI=1S/C15H20N2O5/c1-7-11(14(19)21-4)8(2)16-12(7)15(20)22-9(3)13(18)17-10-5-6-10/h9-10,16H,5-6H2,1-4H3,(H,17,18)/t9-/m1/s1. The summed E-state index contributed by atoms with van der Waals surface area (Å²) >= 11 is 0. The van der Waals surface area contributed by atoms with E-state index in [1.54, 1.807) is 13.8 Å². The normalized spacial score (nSPS) is 15.1. The second-order valence-corrected chi connectivity index (χ2v) is 5.45. The van der Waals surface area contributed by atoms with Crippen molar-refractivity contribution in [3.63, 3.8) is 0 Å². The molecule has 0 unspecified atom stereocenters.